The zero-order valence-electron chi connectivity index (χ0n) is 20.6. The molecule has 3 amide bonds. The van der Waals surface area contributed by atoms with E-state index in [1.165, 1.54) is 18.3 Å². The molecule has 0 aliphatic heterocycles. The average Bonchev–Trinajstić information content (AvgIpc) is 3.52. The molecule has 0 fully saturated rings. The molecular formula is C27H25N5O4S2. The lowest BCUT2D eigenvalue weighted by Gasteiger charge is -2.13. The molecule has 2 aromatic carbocycles. The van der Waals surface area contributed by atoms with Crippen molar-refractivity contribution in [3.63, 3.8) is 0 Å². The number of aryl methyl sites for hydroxylation is 1. The molecule has 194 valence electrons. The number of nitrogens with one attached hydrogen (secondary N) is 3. The van der Waals surface area contributed by atoms with Crippen LogP contribution in [0.4, 0.5) is 16.4 Å². The average molecular weight is 548 g/mol. The molecule has 0 bridgehead atoms. The van der Waals surface area contributed by atoms with Gasteiger partial charge in [0.05, 0.1) is 11.3 Å². The molecule has 11 heteroatoms. The summed E-state index contributed by atoms with van der Waals surface area (Å²) in [6.07, 6.45) is 3.82. The Bertz CT molecular complexity index is 1480. The lowest BCUT2D eigenvalue weighted by atomic mass is 9.95. The topological polar surface area (TPSA) is 126 Å². The van der Waals surface area contributed by atoms with Crippen LogP contribution in [0.1, 0.15) is 40.6 Å². The van der Waals surface area contributed by atoms with Crippen LogP contribution in [0.25, 0.3) is 11.5 Å². The van der Waals surface area contributed by atoms with Crippen molar-refractivity contribution in [1.29, 1.82) is 0 Å². The molecule has 1 aliphatic rings. The molecule has 0 atom stereocenters. The van der Waals surface area contributed by atoms with Gasteiger partial charge in [0.1, 0.15) is 5.00 Å². The van der Waals surface area contributed by atoms with Gasteiger partial charge in [0.2, 0.25) is 17.7 Å². The van der Waals surface area contributed by atoms with E-state index in [9.17, 15) is 14.4 Å². The Balaban J connectivity index is 1.26. The van der Waals surface area contributed by atoms with E-state index < -0.39 is 0 Å². The smallest absolute Gasteiger partial charge is 0.277 e. The minimum absolute atomic E-state index is 0.0376. The third kappa shape index (κ3) is 6.12. The summed E-state index contributed by atoms with van der Waals surface area (Å²) in [5.74, 6) is -0.347. The summed E-state index contributed by atoms with van der Waals surface area (Å²) in [5.41, 5.74) is 3.55. The fourth-order valence-corrected chi connectivity index (χ4v) is 6.08. The highest BCUT2D eigenvalue weighted by atomic mass is 32.2. The summed E-state index contributed by atoms with van der Waals surface area (Å²) in [6, 6.07) is 16.3. The number of rotatable bonds is 8. The number of aromatic nitrogens is 2. The molecule has 1 aliphatic carbocycles. The fraction of sp³-hybridized carbons (Fsp3) is 0.222. The van der Waals surface area contributed by atoms with Crippen LogP contribution in [0.15, 0.2) is 64.2 Å². The van der Waals surface area contributed by atoms with Gasteiger partial charge in [0, 0.05) is 28.7 Å². The van der Waals surface area contributed by atoms with Gasteiger partial charge in [0.25, 0.3) is 11.1 Å². The lowest BCUT2D eigenvalue weighted by Crippen LogP contribution is -2.19. The Kier molecular flexibility index (Phi) is 7.85. The first kappa shape index (κ1) is 25.7. The van der Waals surface area contributed by atoms with Crippen molar-refractivity contribution in [2.75, 3.05) is 21.7 Å². The molecule has 2 heterocycles. The molecule has 0 spiro atoms. The molecule has 0 saturated heterocycles. The normalized spacial score (nSPS) is 12.4. The number of anilines is 3. The molecule has 5 rings (SSSR count). The Morgan fingerprint density at radius 3 is 2.55 bits per heavy atom. The van der Waals surface area contributed by atoms with Crippen molar-refractivity contribution in [3.8, 4) is 11.5 Å². The molecule has 0 radical (unpaired) electrons. The highest BCUT2D eigenvalue weighted by molar-refractivity contribution is 7.99. The summed E-state index contributed by atoms with van der Waals surface area (Å²) in [5, 5.41) is 17.5. The molecule has 0 unspecified atom stereocenters. The number of para-hydroxylation sites is 1. The predicted octanol–water partition coefficient (Wildman–Crippen LogP) is 5.62. The highest BCUT2D eigenvalue weighted by Gasteiger charge is 2.26. The van der Waals surface area contributed by atoms with Crippen molar-refractivity contribution in [1.82, 2.24) is 10.2 Å². The maximum absolute atomic E-state index is 13.2. The van der Waals surface area contributed by atoms with Gasteiger partial charge in [-0.1, -0.05) is 36.0 Å². The first-order valence-corrected chi connectivity index (χ1v) is 13.9. The van der Waals surface area contributed by atoms with Crippen molar-refractivity contribution >= 4 is 57.2 Å². The second kappa shape index (κ2) is 11.6. The van der Waals surface area contributed by atoms with Crippen LogP contribution in [-0.4, -0.2) is 33.7 Å². The van der Waals surface area contributed by atoms with Crippen LogP contribution in [-0.2, 0) is 22.4 Å². The van der Waals surface area contributed by atoms with Gasteiger partial charge in [-0.25, -0.2) is 0 Å². The highest BCUT2D eigenvalue weighted by Crippen LogP contribution is 2.38. The number of carbonyl (C=O) groups excluding carboxylic acids is 3. The monoisotopic (exact) mass is 547 g/mol. The first-order valence-electron chi connectivity index (χ1n) is 12.1. The number of nitrogens with zero attached hydrogens (tertiary/aromatic N) is 2. The van der Waals surface area contributed by atoms with Crippen LogP contribution >= 0.6 is 23.1 Å². The number of amides is 3. The third-order valence-electron chi connectivity index (χ3n) is 5.85. The van der Waals surface area contributed by atoms with Gasteiger partial charge >= 0.3 is 0 Å². The predicted molar refractivity (Wildman–Crippen MR) is 149 cm³/mol. The Labute approximate surface area is 227 Å². The van der Waals surface area contributed by atoms with Gasteiger partial charge in [-0.2, -0.15) is 0 Å². The molecule has 3 N–H and O–H groups in total. The van der Waals surface area contributed by atoms with Crippen LogP contribution in [0.5, 0.6) is 0 Å². The van der Waals surface area contributed by atoms with E-state index >= 15 is 0 Å². The van der Waals surface area contributed by atoms with Crippen molar-refractivity contribution < 1.29 is 18.8 Å². The third-order valence-corrected chi connectivity index (χ3v) is 7.87. The van der Waals surface area contributed by atoms with Crippen LogP contribution in [0.3, 0.4) is 0 Å². The summed E-state index contributed by atoms with van der Waals surface area (Å²) >= 11 is 2.59. The van der Waals surface area contributed by atoms with Crippen molar-refractivity contribution in [3.05, 3.63) is 70.6 Å². The minimum Gasteiger partial charge on any atom is -0.411 e. The molecule has 38 heavy (non-hydrogen) atoms. The lowest BCUT2D eigenvalue weighted by molar-refractivity contribution is -0.114. The molecule has 4 aromatic rings. The summed E-state index contributed by atoms with van der Waals surface area (Å²) < 4.78 is 5.71. The number of thioether (sulfide) groups is 1. The zero-order valence-corrected chi connectivity index (χ0v) is 22.2. The molecule has 9 nitrogen and oxygen atoms in total. The van der Waals surface area contributed by atoms with Crippen LogP contribution < -0.4 is 16.0 Å². The second-order valence-electron chi connectivity index (χ2n) is 8.71. The van der Waals surface area contributed by atoms with Gasteiger partial charge in [-0.3, -0.25) is 14.4 Å². The number of fused-ring (bicyclic) bond motifs is 1. The number of hydrogen-bond donors (Lipinski definition) is 3. The van der Waals surface area contributed by atoms with E-state index in [0.717, 1.165) is 47.9 Å². The largest absolute Gasteiger partial charge is 0.411 e. The van der Waals surface area contributed by atoms with E-state index in [1.54, 1.807) is 24.3 Å². The first-order chi connectivity index (χ1) is 18.5. The summed E-state index contributed by atoms with van der Waals surface area (Å²) in [4.78, 5) is 38.6. The quantitative estimate of drug-likeness (QED) is 0.245. The Hall–Kier alpha value is -3.96. The van der Waals surface area contributed by atoms with E-state index in [4.69, 9.17) is 4.42 Å². The van der Waals surface area contributed by atoms with Gasteiger partial charge < -0.3 is 20.4 Å². The molecule has 2 aromatic heterocycles. The summed E-state index contributed by atoms with van der Waals surface area (Å²) in [6.45, 7) is 1.43. The van der Waals surface area contributed by atoms with Crippen molar-refractivity contribution in [2.45, 2.75) is 37.8 Å². The van der Waals surface area contributed by atoms with E-state index in [1.807, 2.05) is 30.3 Å². The van der Waals surface area contributed by atoms with Gasteiger partial charge in [-0.05, 0) is 61.6 Å². The van der Waals surface area contributed by atoms with E-state index in [-0.39, 0.29) is 34.6 Å². The van der Waals surface area contributed by atoms with E-state index in [2.05, 4.69) is 26.1 Å². The fourth-order valence-electron chi connectivity index (χ4n) is 4.22. The summed E-state index contributed by atoms with van der Waals surface area (Å²) in [7, 11) is 0. The molecule has 0 saturated carbocycles. The van der Waals surface area contributed by atoms with Crippen LogP contribution in [0, 0.1) is 0 Å². The van der Waals surface area contributed by atoms with Crippen molar-refractivity contribution in [2.24, 2.45) is 0 Å². The maximum Gasteiger partial charge on any atom is 0.277 e. The zero-order chi connectivity index (χ0) is 26.5. The van der Waals surface area contributed by atoms with Gasteiger partial charge in [-0.15, -0.1) is 21.5 Å². The Morgan fingerprint density at radius 1 is 0.947 bits per heavy atom. The Morgan fingerprint density at radius 2 is 1.74 bits per heavy atom. The van der Waals surface area contributed by atoms with Crippen LogP contribution in [0.2, 0.25) is 0 Å². The van der Waals surface area contributed by atoms with E-state index in [0.29, 0.717) is 27.5 Å². The SMILES string of the molecule is CC(=O)Nc1cccc(-c2nnc(SCC(=O)Nc3sc4c(c3C(=O)Nc3ccccc3)CCCC4)o2)c1. The minimum atomic E-state index is -0.269. The standard InChI is InChI=1S/C27H25N5O4S2/c1-16(33)28-19-11-7-8-17(14-19)25-31-32-27(36-25)37-15-22(34)30-26-23(20-12-5-6-13-21(20)38-26)24(35)29-18-9-3-2-4-10-18/h2-4,7-11,14H,5-6,12-13,15H2,1H3,(H,28,33)(H,29,35)(H,30,34). The second-order valence-corrected chi connectivity index (χ2v) is 10.7. The number of benzene rings is 2. The number of hydrogen-bond acceptors (Lipinski definition) is 8. The number of thiophene rings is 1. The van der Waals surface area contributed by atoms with Gasteiger partial charge in [0.15, 0.2) is 0 Å². The number of carbonyl (C=O) groups is 3. The molecular weight excluding hydrogens is 522 g/mol. The maximum atomic E-state index is 13.2.